The lowest BCUT2D eigenvalue weighted by Gasteiger charge is -2.47. The molecule has 0 aliphatic carbocycles. The van der Waals surface area contributed by atoms with Gasteiger partial charge in [-0.25, -0.2) is 9.41 Å². The summed E-state index contributed by atoms with van der Waals surface area (Å²) in [7, 11) is -4.70. The molecule has 2 saturated heterocycles. The lowest BCUT2D eigenvalue weighted by Crippen LogP contribution is -2.55. The average Bonchev–Trinajstić information content (AvgIpc) is 3.70. The monoisotopic (exact) mass is 722 g/mol. The Morgan fingerprint density at radius 2 is 1.47 bits per heavy atom. The number of ether oxygens (including phenoxy) is 4. The summed E-state index contributed by atoms with van der Waals surface area (Å²) < 4.78 is 48.9. The van der Waals surface area contributed by atoms with Crippen LogP contribution in [0.15, 0.2) is 36.4 Å². The van der Waals surface area contributed by atoms with E-state index in [4.69, 9.17) is 34.6 Å². The van der Waals surface area contributed by atoms with Crippen LogP contribution >= 0.6 is 7.82 Å². The normalized spacial score (nSPS) is 25.9. The number of amides is 2. The molecule has 15 heteroatoms. The van der Waals surface area contributed by atoms with Gasteiger partial charge in [-0.05, 0) is 70.9 Å². The van der Waals surface area contributed by atoms with E-state index in [0.717, 1.165) is 12.0 Å². The molecule has 0 spiro atoms. The molecule has 0 saturated carbocycles. The molecular weight excluding hydrogens is 679 g/mol. The minimum absolute atomic E-state index is 0.0205. The second-order valence-corrected chi connectivity index (χ2v) is 15.5. The van der Waals surface area contributed by atoms with Crippen molar-refractivity contribution in [3.8, 4) is 17.6 Å². The smallest absolute Gasteiger partial charge is 0.472 e. The van der Waals surface area contributed by atoms with E-state index in [9.17, 15) is 24.3 Å². The number of phosphoric acid groups is 1. The molecular formula is C36H43N4O10P. The number of likely N-dealkylation sites (tertiary alicyclic amines) is 2. The highest BCUT2D eigenvalue weighted by Crippen LogP contribution is 2.54. The summed E-state index contributed by atoms with van der Waals surface area (Å²) in [5.74, 6) is 0.973. The van der Waals surface area contributed by atoms with Gasteiger partial charge in [-0.2, -0.15) is 5.26 Å². The number of rotatable bonds is 12. The van der Waals surface area contributed by atoms with E-state index in [-0.39, 0.29) is 38.2 Å². The first-order valence-electron chi connectivity index (χ1n) is 17.1. The lowest BCUT2D eigenvalue weighted by molar-refractivity contribution is -0.151. The van der Waals surface area contributed by atoms with Crippen LogP contribution in [-0.2, 0) is 32.7 Å². The van der Waals surface area contributed by atoms with Crippen LogP contribution in [0.4, 0.5) is 5.69 Å². The minimum atomic E-state index is -4.70. The van der Waals surface area contributed by atoms with Gasteiger partial charge in [-0.1, -0.05) is 6.07 Å². The molecule has 2 amide bonds. The van der Waals surface area contributed by atoms with Crippen LogP contribution in [0.5, 0.6) is 11.5 Å². The highest BCUT2D eigenvalue weighted by Gasteiger charge is 2.52. The topological polar surface area (TPSA) is 161 Å². The molecule has 5 atom stereocenters. The van der Waals surface area contributed by atoms with Crippen LogP contribution in [0.1, 0.15) is 82.2 Å². The lowest BCUT2D eigenvalue weighted by atomic mass is 9.85. The van der Waals surface area contributed by atoms with Crippen molar-refractivity contribution in [1.82, 2.24) is 9.80 Å². The zero-order valence-corrected chi connectivity index (χ0v) is 30.1. The van der Waals surface area contributed by atoms with Gasteiger partial charge in [-0.15, -0.1) is 0 Å². The molecule has 51 heavy (non-hydrogen) atoms. The third-order valence-electron chi connectivity index (χ3n) is 9.73. The van der Waals surface area contributed by atoms with Gasteiger partial charge in [0.1, 0.15) is 34.9 Å². The van der Waals surface area contributed by atoms with E-state index in [1.54, 1.807) is 60.0 Å². The number of hydrogen-bond acceptors (Lipinski definition) is 10. The molecule has 2 fully saturated rings. The van der Waals surface area contributed by atoms with Crippen LogP contribution in [0.3, 0.4) is 0 Å². The fourth-order valence-electron chi connectivity index (χ4n) is 7.43. The van der Waals surface area contributed by atoms with Crippen molar-refractivity contribution >= 4 is 25.3 Å². The van der Waals surface area contributed by atoms with Gasteiger partial charge >= 0.3 is 7.82 Å². The largest absolute Gasteiger partial charge is 0.485 e. The number of hydrogen-bond donors (Lipinski definition) is 1. The fourth-order valence-corrected chi connectivity index (χ4v) is 8.45. The molecule has 4 aliphatic rings. The Balaban J connectivity index is 1.06. The molecule has 6 rings (SSSR count). The molecule has 2 aromatic rings. The van der Waals surface area contributed by atoms with Crippen LogP contribution in [0, 0.1) is 17.9 Å². The number of carbonyl (C=O) groups is 2. The quantitative estimate of drug-likeness (QED) is 0.170. The molecule has 4 heterocycles. The molecule has 1 N–H and O–H groups in total. The number of carbonyl (C=O) groups excluding carboxylic acids is 2. The van der Waals surface area contributed by atoms with Crippen molar-refractivity contribution in [2.45, 2.75) is 88.9 Å². The summed E-state index contributed by atoms with van der Waals surface area (Å²) in [4.78, 5) is 43.6. The highest BCUT2D eigenvalue weighted by atomic mass is 31.2. The molecule has 4 aliphatic heterocycles. The van der Waals surface area contributed by atoms with Crippen molar-refractivity contribution in [1.29, 1.82) is 5.26 Å². The Hall–Kier alpha value is -4.01. The van der Waals surface area contributed by atoms with Gasteiger partial charge in [0.15, 0.2) is 5.69 Å². The maximum Gasteiger partial charge on any atom is 0.472 e. The number of benzene rings is 2. The summed E-state index contributed by atoms with van der Waals surface area (Å²) in [6.45, 7) is 15.6. The number of nitriles is 1. The van der Waals surface area contributed by atoms with Crippen molar-refractivity contribution < 1.29 is 47.0 Å². The third kappa shape index (κ3) is 7.63. The number of nitrogens with zero attached hydrogens (tertiary/aromatic N) is 4. The Bertz CT molecular complexity index is 1800. The third-order valence-corrected chi connectivity index (χ3v) is 10.7. The zero-order chi connectivity index (χ0) is 36.6. The summed E-state index contributed by atoms with van der Waals surface area (Å²) in [5.41, 5.74) is 0.100. The maximum atomic E-state index is 13.3. The summed E-state index contributed by atoms with van der Waals surface area (Å²) in [5, 5.41) is 9.53. The number of phosphoric ester groups is 1. The van der Waals surface area contributed by atoms with Gasteiger partial charge in [0.25, 0.3) is 0 Å². The fraction of sp³-hybridized carbons (Fsp3) is 0.556. The average molecular weight is 723 g/mol. The molecule has 2 aromatic carbocycles. The second kappa shape index (κ2) is 14.5. The van der Waals surface area contributed by atoms with Crippen molar-refractivity contribution in [2.75, 3.05) is 39.5 Å². The molecule has 1 unspecified atom stereocenters. The molecule has 14 nitrogen and oxygen atoms in total. The van der Waals surface area contributed by atoms with E-state index in [1.807, 2.05) is 13.8 Å². The Morgan fingerprint density at radius 3 is 2.06 bits per heavy atom. The highest BCUT2D eigenvalue weighted by molar-refractivity contribution is 7.47. The van der Waals surface area contributed by atoms with Gasteiger partial charge < -0.3 is 33.6 Å². The van der Waals surface area contributed by atoms with E-state index in [0.29, 0.717) is 60.7 Å². The zero-order valence-electron chi connectivity index (χ0n) is 29.2. The van der Waals surface area contributed by atoms with E-state index in [2.05, 4.69) is 10.9 Å². The standard InChI is InChI=1S/C36H43N4O10P/c1-35(2)33(31(39-14-6-8-29(39)41)26-21-24(38-5)11-13-28(26)48-35)46-18-16-45-17-19-47-51(43,44)50-34-32(40-15-7-9-30(40)42)25-20-23(22-37)10-12-27(25)49-36(34,3)4/h10-13,20-21,31-34H,6-9,14-19H2,1-4H3,(H,43,44)/t31-,32-,33+,34+/m1/s1. The summed E-state index contributed by atoms with van der Waals surface area (Å²) >= 11 is 0. The van der Waals surface area contributed by atoms with E-state index >= 15 is 0 Å². The first-order valence-corrected chi connectivity index (χ1v) is 18.6. The van der Waals surface area contributed by atoms with Crippen molar-refractivity contribution in [2.24, 2.45) is 0 Å². The van der Waals surface area contributed by atoms with Crippen LogP contribution in [0.2, 0.25) is 0 Å². The summed E-state index contributed by atoms with van der Waals surface area (Å²) in [6, 6.07) is 11.0. The second-order valence-electron chi connectivity index (χ2n) is 14.1. The Morgan fingerprint density at radius 1 is 0.902 bits per heavy atom. The Labute approximate surface area is 297 Å². The van der Waals surface area contributed by atoms with Gasteiger partial charge in [0.2, 0.25) is 11.8 Å². The molecule has 0 bridgehead atoms. The van der Waals surface area contributed by atoms with Gasteiger partial charge in [0, 0.05) is 37.1 Å². The van der Waals surface area contributed by atoms with E-state index in [1.165, 1.54) is 0 Å². The van der Waals surface area contributed by atoms with Crippen molar-refractivity contribution in [3.05, 3.63) is 64.5 Å². The molecule has 0 aromatic heterocycles. The van der Waals surface area contributed by atoms with E-state index < -0.39 is 43.3 Å². The molecule has 272 valence electrons. The van der Waals surface area contributed by atoms with Crippen LogP contribution in [-0.4, -0.2) is 89.4 Å². The molecule has 0 radical (unpaired) electrons. The van der Waals surface area contributed by atoms with Crippen molar-refractivity contribution in [3.63, 3.8) is 0 Å². The maximum absolute atomic E-state index is 13.3. The predicted molar refractivity (Wildman–Crippen MR) is 182 cm³/mol. The minimum Gasteiger partial charge on any atom is -0.485 e. The first kappa shape index (κ1) is 36.8. The predicted octanol–water partition coefficient (Wildman–Crippen LogP) is 5.38. The van der Waals surface area contributed by atoms with Gasteiger partial charge in [-0.3, -0.25) is 18.6 Å². The summed E-state index contributed by atoms with van der Waals surface area (Å²) in [6.07, 6.45) is 0.486. The SMILES string of the molecule is [C-]#[N+]c1ccc2c(c1)[C@@H](N1CCCC1=O)[C@H](OCCOCCOP(=O)(O)O[C@H]1[C@H](N3CCCC3=O)c3cc(C#N)ccc3OC1(C)C)C(C)(C)O2. The number of fused-ring (bicyclic) bond motifs is 2. The first-order chi connectivity index (χ1) is 24.2. The van der Waals surface area contributed by atoms with Crippen LogP contribution < -0.4 is 9.47 Å². The van der Waals surface area contributed by atoms with Crippen LogP contribution in [0.25, 0.3) is 4.85 Å². The Kier molecular flexibility index (Phi) is 10.5. The van der Waals surface area contributed by atoms with Gasteiger partial charge in [0.05, 0.1) is 56.7 Å².